The summed E-state index contributed by atoms with van der Waals surface area (Å²) in [5.74, 6) is 0.216. The fourth-order valence-electron chi connectivity index (χ4n) is 1.35. The van der Waals surface area contributed by atoms with Crippen LogP contribution in [0.3, 0.4) is 0 Å². The largest absolute Gasteiger partial charge is 0.388 e. The molecule has 0 bridgehead atoms. The normalized spacial score (nSPS) is 13.1. The van der Waals surface area contributed by atoms with Crippen molar-refractivity contribution in [3.8, 4) is 0 Å². The first-order valence-corrected chi connectivity index (χ1v) is 4.87. The zero-order chi connectivity index (χ0) is 11.4. The molecule has 0 fully saturated rings. The molecule has 3 N–H and O–H groups in total. The molecule has 6 nitrogen and oxygen atoms in total. The Kier molecular flexibility index (Phi) is 3.79. The van der Waals surface area contributed by atoms with Crippen LogP contribution in [0.1, 0.15) is 19.0 Å². The molecule has 15 heavy (non-hydrogen) atoms. The first-order valence-electron chi connectivity index (χ1n) is 4.87. The van der Waals surface area contributed by atoms with Gasteiger partial charge in [-0.3, -0.25) is 15.0 Å². The molecule has 0 saturated carbocycles. The van der Waals surface area contributed by atoms with E-state index in [2.05, 4.69) is 15.2 Å². The molecule has 1 heterocycles. The van der Waals surface area contributed by atoms with Crippen LogP contribution >= 0.6 is 0 Å². The molecule has 1 aromatic heterocycles. The molecule has 84 valence electrons. The highest BCUT2D eigenvalue weighted by Gasteiger charge is 2.12. The summed E-state index contributed by atoms with van der Waals surface area (Å²) in [6.07, 6.45) is 2.47. The summed E-state index contributed by atoms with van der Waals surface area (Å²) in [7, 11) is 3.83. The zero-order valence-electron chi connectivity index (χ0n) is 9.44. The molecule has 0 aromatic carbocycles. The van der Waals surface area contributed by atoms with Crippen LogP contribution in [0.15, 0.2) is 6.20 Å². The molecular weight excluding hydrogens is 192 g/mol. The molecule has 6 heteroatoms. The molecular formula is C9H18N6. The van der Waals surface area contributed by atoms with Crippen molar-refractivity contribution in [2.45, 2.75) is 25.9 Å². The van der Waals surface area contributed by atoms with Crippen LogP contribution < -0.4 is 5.73 Å². The average Bonchev–Trinajstić information content (AvgIpc) is 2.50. The molecule has 0 aliphatic rings. The van der Waals surface area contributed by atoms with Crippen molar-refractivity contribution in [2.24, 2.45) is 12.8 Å². The SMILES string of the molecule is CC(CC(=N)N)N(C)Cc1cn(C)nn1. The Morgan fingerprint density at radius 2 is 2.40 bits per heavy atom. The van der Waals surface area contributed by atoms with Crippen LogP contribution in [0.5, 0.6) is 0 Å². The van der Waals surface area contributed by atoms with E-state index >= 15 is 0 Å². The van der Waals surface area contributed by atoms with E-state index in [-0.39, 0.29) is 11.9 Å². The van der Waals surface area contributed by atoms with Gasteiger partial charge in [-0.05, 0) is 14.0 Å². The summed E-state index contributed by atoms with van der Waals surface area (Å²) in [5, 5.41) is 15.1. The smallest absolute Gasteiger partial charge is 0.0966 e. The first-order chi connectivity index (χ1) is 6.99. The van der Waals surface area contributed by atoms with Crippen molar-refractivity contribution >= 4 is 5.84 Å². The van der Waals surface area contributed by atoms with Crippen LogP contribution in [0.2, 0.25) is 0 Å². The Morgan fingerprint density at radius 3 is 2.87 bits per heavy atom. The maximum Gasteiger partial charge on any atom is 0.0966 e. The molecule has 0 aliphatic carbocycles. The number of nitrogens with one attached hydrogen (secondary N) is 1. The van der Waals surface area contributed by atoms with Crippen molar-refractivity contribution in [1.82, 2.24) is 19.9 Å². The third kappa shape index (κ3) is 3.67. The monoisotopic (exact) mass is 210 g/mol. The fourth-order valence-corrected chi connectivity index (χ4v) is 1.35. The maximum absolute atomic E-state index is 7.22. The summed E-state index contributed by atoms with van der Waals surface area (Å²) in [6, 6.07) is 0.240. The van der Waals surface area contributed by atoms with E-state index in [4.69, 9.17) is 11.1 Å². The van der Waals surface area contributed by atoms with Gasteiger partial charge in [0.2, 0.25) is 0 Å². The van der Waals surface area contributed by atoms with Crippen molar-refractivity contribution in [3.05, 3.63) is 11.9 Å². The second kappa shape index (κ2) is 4.88. The predicted molar refractivity (Wildman–Crippen MR) is 58.5 cm³/mol. The van der Waals surface area contributed by atoms with Gasteiger partial charge in [0, 0.05) is 32.3 Å². The van der Waals surface area contributed by atoms with Crippen molar-refractivity contribution in [1.29, 1.82) is 5.41 Å². The number of hydrogen-bond acceptors (Lipinski definition) is 4. The number of rotatable bonds is 5. The maximum atomic E-state index is 7.22. The summed E-state index contributed by atoms with van der Waals surface area (Å²) in [4.78, 5) is 2.10. The molecule has 0 radical (unpaired) electrons. The standard InChI is InChI=1S/C9H18N6/c1-7(4-9(10)11)14(2)5-8-6-15(3)13-12-8/h6-7H,4-5H2,1-3H3,(H3,10,11). The number of aromatic nitrogens is 3. The lowest BCUT2D eigenvalue weighted by atomic mass is 10.2. The second-order valence-electron chi connectivity index (χ2n) is 3.88. The van der Waals surface area contributed by atoms with Crippen LogP contribution in [0, 0.1) is 5.41 Å². The van der Waals surface area contributed by atoms with Crippen molar-refractivity contribution in [3.63, 3.8) is 0 Å². The topological polar surface area (TPSA) is 83.8 Å². The minimum absolute atomic E-state index is 0.216. The zero-order valence-corrected chi connectivity index (χ0v) is 9.44. The fraction of sp³-hybridized carbons (Fsp3) is 0.667. The highest BCUT2D eigenvalue weighted by atomic mass is 15.4. The highest BCUT2D eigenvalue weighted by Crippen LogP contribution is 2.05. The quantitative estimate of drug-likeness (QED) is 0.527. The van der Waals surface area contributed by atoms with Gasteiger partial charge in [0.25, 0.3) is 0 Å². The number of amidine groups is 1. The van der Waals surface area contributed by atoms with Crippen LogP contribution in [-0.4, -0.2) is 38.8 Å². The number of hydrogen-bond donors (Lipinski definition) is 2. The third-order valence-corrected chi connectivity index (χ3v) is 2.33. The molecule has 0 saturated heterocycles. The number of nitrogens with zero attached hydrogens (tertiary/aromatic N) is 4. The summed E-state index contributed by atoms with van der Waals surface area (Å²) in [5.41, 5.74) is 6.28. The lowest BCUT2D eigenvalue weighted by molar-refractivity contribution is 0.251. The van der Waals surface area contributed by atoms with Gasteiger partial charge in [-0.25, -0.2) is 0 Å². The Bertz CT molecular complexity index is 331. The van der Waals surface area contributed by atoms with E-state index < -0.39 is 0 Å². The summed E-state index contributed by atoms with van der Waals surface area (Å²) < 4.78 is 1.68. The van der Waals surface area contributed by atoms with E-state index in [0.717, 1.165) is 12.2 Å². The Labute approximate surface area is 89.6 Å². The van der Waals surface area contributed by atoms with Crippen molar-refractivity contribution in [2.75, 3.05) is 7.05 Å². The Balaban J connectivity index is 2.47. The van der Waals surface area contributed by atoms with Crippen LogP contribution in [0.25, 0.3) is 0 Å². The van der Waals surface area contributed by atoms with Crippen LogP contribution in [0.4, 0.5) is 0 Å². The van der Waals surface area contributed by atoms with Gasteiger partial charge in [-0.15, -0.1) is 5.10 Å². The third-order valence-electron chi connectivity index (χ3n) is 2.33. The van der Waals surface area contributed by atoms with Gasteiger partial charge in [-0.2, -0.15) is 0 Å². The number of nitrogens with two attached hydrogens (primary N) is 1. The van der Waals surface area contributed by atoms with Gasteiger partial charge in [0.1, 0.15) is 0 Å². The van der Waals surface area contributed by atoms with Gasteiger partial charge < -0.3 is 5.73 Å². The van der Waals surface area contributed by atoms with Crippen molar-refractivity contribution < 1.29 is 0 Å². The minimum atomic E-state index is 0.216. The summed E-state index contributed by atoms with van der Waals surface area (Å²) in [6.45, 7) is 2.76. The Hall–Kier alpha value is -1.43. The lowest BCUT2D eigenvalue weighted by Gasteiger charge is -2.22. The van der Waals surface area contributed by atoms with E-state index in [1.54, 1.807) is 4.68 Å². The Morgan fingerprint density at radius 1 is 1.73 bits per heavy atom. The highest BCUT2D eigenvalue weighted by molar-refractivity contribution is 5.77. The lowest BCUT2D eigenvalue weighted by Crippen LogP contribution is -2.32. The predicted octanol–water partition coefficient (Wildman–Crippen LogP) is -0.0385. The van der Waals surface area contributed by atoms with Gasteiger partial charge in [0.05, 0.1) is 11.5 Å². The molecule has 0 amide bonds. The van der Waals surface area contributed by atoms with E-state index in [9.17, 15) is 0 Å². The molecule has 0 spiro atoms. The molecule has 1 unspecified atom stereocenters. The first kappa shape index (κ1) is 11.6. The van der Waals surface area contributed by atoms with Crippen LogP contribution in [-0.2, 0) is 13.6 Å². The van der Waals surface area contributed by atoms with Gasteiger partial charge in [0.15, 0.2) is 0 Å². The molecule has 1 atom stereocenters. The van der Waals surface area contributed by atoms with Gasteiger partial charge in [-0.1, -0.05) is 5.21 Å². The molecule has 1 rings (SSSR count). The minimum Gasteiger partial charge on any atom is -0.388 e. The molecule has 0 aliphatic heterocycles. The average molecular weight is 210 g/mol. The molecule has 1 aromatic rings. The van der Waals surface area contributed by atoms with E-state index in [1.165, 1.54) is 0 Å². The van der Waals surface area contributed by atoms with E-state index in [1.807, 2.05) is 27.2 Å². The van der Waals surface area contributed by atoms with E-state index in [0.29, 0.717) is 6.42 Å². The second-order valence-corrected chi connectivity index (χ2v) is 3.88. The van der Waals surface area contributed by atoms with Gasteiger partial charge >= 0.3 is 0 Å². The number of aryl methyl sites for hydroxylation is 1. The summed E-state index contributed by atoms with van der Waals surface area (Å²) >= 11 is 0.